The molecular weight excluding hydrogens is 208 g/mol. The van der Waals surface area contributed by atoms with Crippen molar-refractivity contribution < 1.29 is 35.1 Å². The first kappa shape index (κ1) is 12.5. The maximum absolute atomic E-state index is 11.2. The zero-order valence-electron chi connectivity index (χ0n) is 7.91. The number of carbonyl (C=O) groups excluding carboxylic acids is 1. The fraction of sp³-hybridized carbons (Fsp3) is 0.875. The van der Waals surface area contributed by atoms with Crippen LogP contribution >= 0.6 is 0 Å². The van der Waals surface area contributed by atoms with Gasteiger partial charge in [0.15, 0.2) is 5.78 Å². The minimum Gasteiger partial charge on any atom is -0.394 e. The number of hydrogen-bond donors (Lipinski definition) is 5. The van der Waals surface area contributed by atoms with Gasteiger partial charge in [-0.2, -0.15) is 0 Å². The second-order valence-corrected chi connectivity index (χ2v) is 3.40. The molecule has 1 heterocycles. The highest BCUT2D eigenvalue weighted by molar-refractivity contribution is 5.88. The van der Waals surface area contributed by atoms with Crippen LogP contribution in [0.4, 0.5) is 0 Å². The first-order chi connectivity index (χ1) is 6.93. The van der Waals surface area contributed by atoms with E-state index in [1.165, 1.54) is 0 Å². The van der Waals surface area contributed by atoms with Crippen molar-refractivity contribution in [2.75, 3.05) is 13.2 Å². The molecule has 4 atom stereocenters. The second kappa shape index (κ2) is 4.52. The summed E-state index contributed by atoms with van der Waals surface area (Å²) < 4.78 is 4.63. The summed E-state index contributed by atoms with van der Waals surface area (Å²) in [5, 5.41) is 45.8. The number of aliphatic hydroxyl groups excluding tert-OH is 4. The zero-order valence-corrected chi connectivity index (χ0v) is 7.91. The lowest BCUT2D eigenvalue weighted by molar-refractivity contribution is -0.249. The average molecular weight is 222 g/mol. The van der Waals surface area contributed by atoms with Crippen LogP contribution < -0.4 is 0 Å². The average Bonchev–Trinajstić information content (AvgIpc) is 2.57. The van der Waals surface area contributed by atoms with Crippen LogP contribution in [0.15, 0.2) is 0 Å². The Kier molecular flexibility index (Phi) is 3.77. The smallest absolute Gasteiger partial charge is 0.256 e. The molecule has 1 saturated heterocycles. The maximum atomic E-state index is 11.2. The highest BCUT2D eigenvalue weighted by atomic mass is 16.6. The predicted molar refractivity (Wildman–Crippen MR) is 45.6 cm³/mol. The Labute approximate surface area is 85.5 Å². The third-order valence-electron chi connectivity index (χ3n) is 2.36. The molecule has 0 aromatic rings. The van der Waals surface area contributed by atoms with E-state index in [2.05, 4.69) is 4.74 Å². The number of ketones is 1. The molecule has 7 nitrogen and oxygen atoms in total. The van der Waals surface area contributed by atoms with Gasteiger partial charge in [0, 0.05) is 6.42 Å². The van der Waals surface area contributed by atoms with Crippen molar-refractivity contribution in [2.45, 2.75) is 30.5 Å². The fourth-order valence-electron chi connectivity index (χ4n) is 1.36. The van der Waals surface area contributed by atoms with Crippen LogP contribution in [-0.4, -0.2) is 68.6 Å². The molecular formula is C8H14O7. The van der Waals surface area contributed by atoms with Crippen LogP contribution in [0.25, 0.3) is 0 Å². The molecule has 1 rings (SSSR count). The van der Waals surface area contributed by atoms with Crippen molar-refractivity contribution in [3.05, 3.63) is 0 Å². The van der Waals surface area contributed by atoms with Gasteiger partial charge in [0.25, 0.3) is 5.79 Å². The van der Waals surface area contributed by atoms with Crippen molar-refractivity contribution >= 4 is 5.78 Å². The molecule has 0 aromatic carbocycles. The van der Waals surface area contributed by atoms with Crippen molar-refractivity contribution in [1.82, 2.24) is 0 Å². The van der Waals surface area contributed by atoms with E-state index in [1.54, 1.807) is 0 Å². The van der Waals surface area contributed by atoms with E-state index in [0.717, 1.165) is 0 Å². The van der Waals surface area contributed by atoms with E-state index in [0.29, 0.717) is 0 Å². The summed E-state index contributed by atoms with van der Waals surface area (Å²) in [6.07, 6.45) is -5.58. The number of ether oxygens (including phenoxy) is 1. The quantitative estimate of drug-likeness (QED) is 0.338. The minimum absolute atomic E-state index is 0.0612. The zero-order chi connectivity index (χ0) is 11.6. The summed E-state index contributed by atoms with van der Waals surface area (Å²) in [7, 11) is 0. The first-order valence-electron chi connectivity index (χ1n) is 4.48. The van der Waals surface area contributed by atoms with Crippen LogP contribution in [-0.2, 0) is 9.53 Å². The lowest BCUT2D eigenvalue weighted by atomic mass is 9.97. The summed E-state index contributed by atoms with van der Waals surface area (Å²) in [5.74, 6) is -3.26. The molecule has 0 aliphatic carbocycles. The fourth-order valence-corrected chi connectivity index (χ4v) is 1.36. The van der Waals surface area contributed by atoms with E-state index in [1.807, 2.05) is 0 Å². The Hall–Kier alpha value is -0.570. The number of aliphatic hydroxyl groups is 5. The van der Waals surface area contributed by atoms with E-state index >= 15 is 0 Å². The number of hydrogen-bond acceptors (Lipinski definition) is 7. The Morgan fingerprint density at radius 1 is 1.40 bits per heavy atom. The van der Waals surface area contributed by atoms with E-state index < -0.39 is 36.5 Å². The van der Waals surface area contributed by atoms with Gasteiger partial charge in [0.1, 0.15) is 18.3 Å². The summed E-state index contributed by atoms with van der Waals surface area (Å²) >= 11 is 0. The first-order valence-corrected chi connectivity index (χ1v) is 4.48. The molecule has 0 unspecified atom stereocenters. The molecule has 0 amide bonds. The molecule has 7 heteroatoms. The molecule has 88 valence electrons. The second-order valence-electron chi connectivity index (χ2n) is 3.40. The highest BCUT2D eigenvalue weighted by Crippen LogP contribution is 2.25. The number of carbonyl (C=O) groups is 1. The number of Topliss-reactive ketones (excluding diaryl/α,β-unsaturated/α-hetero) is 1. The van der Waals surface area contributed by atoms with Gasteiger partial charge in [-0.05, 0) is 0 Å². The van der Waals surface area contributed by atoms with E-state index in [-0.39, 0.29) is 13.0 Å². The predicted octanol–water partition coefficient (Wildman–Crippen LogP) is -3.26. The lowest BCUT2D eigenvalue weighted by Crippen LogP contribution is -2.56. The van der Waals surface area contributed by atoms with Gasteiger partial charge in [-0.1, -0.05) is 0 Å². The largest absolute Gasteiger partial charge is 0.394 e. The Morgan fingerprint density at radius 2 is 2.00 bits per heavy atom. The van der Waals surface area contributed by atoms with Crippen molar-refractivity contribution in [1.29, 1.82) is 0 Å². The Morgan fingerprint density at radius 3 is 2.40 bits per heavy atom. The monoisotopic (exact) mass is 222 g/mol. The van der Waals surface area contributed by atoms with Crippen LogP contribution in [0.2, 0.25) is 0 Å². The van der Waals surface area contributed by atoms with Crippen LogP contribution in [0.5, 0.6) is 0 Å². The lowest BCUT2D eigenvalue weighted by Gasteiger charge is -2.31. The molecule has 15 heavy (non-hydrogen) atoms. The van der Waals surface area contributed by atoms with Crippen molar-refractivity contribution in [3.8, 4) is 0 Å². The molecule has 0 aromatic heterocycles. The molecule has 0 bridgehead atoms. The molecule has 1 aliphatic heterocycles. The third-order valence-corrected chi connectivity index (χ3v) is 2.36. The third kappa shape index (κ3) is 2.17. The Balaban J connectivity index is 2.74. The molecule has 1 fully saturated rings. The molecule has 5 N–H and O–H groups in total. The van der Waals surface area contributed by atoms with Crippen LogP contribution in [0, 0.1) is 0 Å². The minimum atomic E-state index is -2.49. The number of rotatable bonds is 4. The summed E-state index contributed by atoms with van der Waals surface area (Å²) in [5.41, 5.74) is 0. The molecule has 0 spiro atoms. The van der Waals surface area contributed by atoms with Crippen molar-refractivity contribution in [3.63, 3.8) is 0 Å². The summed E-state index contributed by atoms with van der Waals surface area (Å²) in [6.45, 7) is -0.864. The van der Waals surface area contributed by atoms with E-state index in [9.17, 15) is 20.1 Å². The summed E-state index contributed by atoms with van der Waals surface area (Å²) in [6, 6.07) is 0. The maximum Gasteiger partial charge on any atom is 0.256 e. The highest BCUT2D eigenvalue weighted by Gasteiger charge is 2.52. The Bertz CT molecular complexity index is 243. The topological polar surface area (TPSA) is 127 Å². The van der Waals surface area contributed by atoms with Gasteiger partial charge in [-0.3, -0.25) is 4.79 Å². The van der Waals surface area contributed by atoms with E-state index in [4.69, 9.17) is 10.2 Å². The van der Waals surface area contributed by atoms with Crippen molar-refractivity contribution in [2.24, 2.45) is 0 Å². The standard InChI is InChI=1S/C8H14O7/c9-3-4(10)6(12)7(13)8(14)5(11)1-2-15-8/h4,6-7,9-10,12-14H,1-3H2/t4-,6-,7+,8-/m1/s1. The van der Waals surface area contributed by atoms with Gasteiger partial charge < -0.3 is 30.3 Å². The van der Waals surface area contributed by atoms with Gasteiger partial charge >= 0.3 is 0 Å². The van der Waals surface area contributed by atoms with Gasteiger partial charge in [0.2, 0.25) is 0 Å². The van der Waals surface area contributed by atoms with Crippen LogP contribution in [0.3, 0.4) is 0 Å². The molecule has 0 saturated carbocycles. The van der Waals surface area contributed by atoms with Gasteiger partial charge in [-0.15, -0.1) is 0 Å². The normalized spacial score (nSPS) is 32.7. The molecule has 1 aliphatic rings. The van der Waals surface area contributed by atoms with Gasteiger partial charge in [0.05, 0.1) is 13.2 Å². The van der Waals surface area contributed by atoms with Gasteiger partial charge in [-0.25, -0.2) is 0 Å². The molecule has 0 radical (unpaired) electrons. The summed E-state index contributed by atoms with van der Waals surface area (Å²) in [4.78, 5) is 11.2. The SMILES string of the molecule is O=C1CCO[C@@]1(O)[C@@H](O)[C@H](O)[C@H](O)CO. The van der Waals surface area contributed by atoms with Crippen LogP contribution in [0.1, 0.15) is 6.42 Å².